The lowest BCUT2D eigenvalue weighted by atomic mass is 10.2. The van der Waals surface area contributed by atoms with Crippen molar-refractivity contribution in [2.24, 2.45) is 0 Å². The summed E-state index contributed by atoms with van der Waals surface area (Å²) in [4.78, 5) is 29.4. The zero-order valence-corrected chi connectivity index (χ0v) is 11.7. The first-order valence-corrected chi connectivity index (χ1v) is 6.33. The number of amides is 1. The molecule has 0 aliphatic heterocycles. The zero-order valence-electron chi connectivity index (χ0n) is 11.0. The fourth-order valence-corrected chi connectivity index (χ4v) is 1.70. The molecule has 0 aliphatic carbocycles. The number of carbonyl (C=O) groups excluding carboxylic acids is 1. The fraction of sp³-hybridized carbons (Fsp3) is 0.0714. The Kier molecular flexibility index (Phi) is 4.49. The van der Waals surface area contributed by atoms with Crippen LogP contribution < -0.4 is 10.9 Å². The van der Waals surface area contributed by atoms with Crippen LogP contribution in [0, 0.1) is 5.82 Å². The van der Waals surface area contributed by atoms with Crippen molar-refractivity contribution in [3.8, 4) is 0 Å². The lowest BCUT2D eigenvalue weighted by molar-refractivity contribution is 0.0961. The molecular formula is C14H11ClFN3O2. The summed E-state index contributed by atoms with van der Waals surface area (Å²) in [6.07, 6.45) is 4.24. The molecule has 1 amide bonds. The van der Waals surface area contributed by atoms with Crippen LogP contribution >= 0.6 is 11.6 Å². The minimum atomic E-state index is -0.550. The van der Waals surface area contributed by atoms with Gasteiger partial charge in [-0.05, 0) is 23.8 Å². The van der Waals surface area contributed by atoms with Gasteiger partial charge in [-0.2, -0.15) is 0 Å². The van der Waals surface area contributed by atoms with Crippen molar-refractivity contribution in [1.82, 2.24) is 15.3 Å². The first kappa shape index (κ1) is 14.9. The number of carbonyl (C=O) groups is 1. The van der Waals surface area contributed by atoms with Gasteiger partial charge in [-0.15, -0.1) is 0 Å². The van der Waals surface area contributed by atoms with Crippen molar-refractivity contribution < 1.29 is 9.18 Å². The summed E-state index contributed by atoms with van der Waals surface area (Å²) < 4.78 is 13.3. The van der Waals surface area contributed by atoms with Crippen LogP contribution in [0.1, 0.15) is 21.7 Å². The number of rotatable bonds is 3. The van der Waals surface area contributed by atoms with Gasteiger partial charge < -0.3 is 10.3 Å². The van der Waals surface area contributed by atoms with Crippen molar-refractivity contribution in [1.29, 1.82) is 0 Å². The molecule has 108 valence electrons. The molecule has 7 heteroatoms. The van der Waals surface area contributed by atoms with E-state index >= 15 is 0 Å². The predicted molar refractivity (Wildman–Crippen MR) is 78.6 cm³/mol. The molecule has 0 bridgehead atoms. The van der Waals surface area contributed by atoms with E-state index in [9.17, 15) is 14.0 Å². The summed E-state index contributed by atoms with van der Waals surface area (Å²) >= 11 is 5.58. The van der Waals surface area contributed by atoms with Crippen molar-refractivity contribution in [2.45, 2.75) is 0 Å². The molecule has 2 aromatic rings. The first-order chi connectivity index (χ1) is 10.0. The lowest BCUT2D eigenvalue weighted by Gasteiger charge is -1.99. The Morgan fingerprint density at radius 2 is 2.19 bits per heavy atom. The number of nitrogens with one attached hydrogen (secondary N) is 2. The minimum absolute atomic E-state index is 0.0358. The highest BCUT2D eigenvalue weighted by Gasteiger charge is 2.08. The summed E-state index contributed by atoms with van der Waals surface area (Å²) in [7, 11) is 1.42. The molecule has 1 aromatic carbocycles. The van der Waals surface area contributed by atoms with Gasteiger partial charge in [0, 0.05) is 13.2 Å². The molecular weight excluding hydrogens is 297 g/mol. The number of hydrogen-bond acceptors (Lipinski definition) is 3. The highest BCUT2D eigenvalue weighted by atomic mass is 35.5. The lowest BCUT2D eigenvalue weighted by Crippen LogP contribution is -2.27. The maximum Gasteiger partial charge on any atom is 0.263 e. The van der Waals surface area contributed by atoms with E-state index in [4.69, 9.17) is 11.6 Å². The minimum Gasteiger partial charge on any atom is -0.355 e. The molecule has 2 N–H and O–H groups in total. The van der Waals surface area contributed by atoms with E-state index in [1.54, 1.807) is 12.1 Å². The monoisotopic (exact) mass is 307 g/mol. The number of aromatic amines is 1. The average molecular weight is 308 g/mol. The Labute approximate surface area is 124 Å². The highest BCUT2D eigenvalue weighted by Crippen LogP contribution is 2.16. The third-order valence-electron chi connectivity index (χ3n) is 2.67. The van der Waals surface area contributed by atoms with Gasteiger partial charge in [0.05, 0.1) is 5.02 Å². The standard InChI is InChI=1S/C14H11ClFN3O2/c1-17-13(20)9-7-18-12(19-14(9)21)5-3-8-2-4-10(15)11(16)6-8/h2-7H,1H3,(H,17,20)(H,18,19,21)/b5-3+. The average Bonchev–Trinajstić information content (AvgIpc) is 2.48. The van der Waals surface area contributed by atoms with Gasteiger partial charge in [0.2, 0.25) is 0 Å². The quantitative estimate of drug-likeness (QED) is 0.912. The van der Waals surface area contributed by atoms with Crippen LogP contribution in [0.25, 0.3) is 12.2 Å². The van der Waals surface area contributed by atoms with E-state index in [-0.39, 0.29) is 16.4 Å². The molecule has 1 heterocycles. The molecule has 0 saturated carbocycles. The highest BCUT2D eigenvalue weighted by molar-refractivity contribution is 6.30. The Hall–Kier alpha value is -2.47. The van der Waals surface area contributed by atoms with E-state index in [0.717, 1.165) is 0 Å². The van der Waals surface area contributed by atoms with Crippen LogP contribution in [-0.4, -0.2) is 22.9 Å². The van der Waals surface area contributed by atoms with E-state index < -0.39 is 17.3 Å². The number of benzene rings is 1. The molecule has 0 saturated heterocycles. The van der Waals surface area contributed by atoms with Gasteiger partial charge in [0.15, 0.2) is 0 Å². The van der Waals surface area contributed by atoms with Gasteiger partial charge in [0.25, 0.3) is 11.5 Å². The van der Waals surface area contributed by atoms with Crippen LogP contribution in [0.3, 0.4) is 0 Å². The second-order valence-corrected chi connectivity index (χ2v) is 4.50. The Balaban J connectivity index is 2.25. The van der Waals surface area contributed by atoms with Crippen LogP contribution in [0.4, 0.5) is 4.39 Å². The number of nitrogens with zero attached hydrogens (tertiary/aromatic N) is 1. The second kappa shape index (κ2) is 6.32. The maximum atomic E-state index is 13.3. The number of H-pyrrole nitrogens is 1. The summed E-state index contributed by atoms with van der Waals surface area (Å²) in [6, 6.07) is 4.32. The van der Waals surface area contributed by atoms with Crippen LogP contribution in [0.5, 0.6) is 0 Å². The molecule has 21 heavy (non-hydrogen) atoms. The van der Waals surface area contributed by atoms with Gasteiger partial charge >= 0.3 is 0 Å². The molecule has 0 atom stereocenters. The van der Waals surface area contributed by atoms with Crippen molar-refractivity contribution in [3.05, 3.63) is 62.5 Å². The topological polar surface area (TPSA) is 74.8 Å². The summed E-state index contributed by atoms with van der Waals surface area (Å²) in [5.74, 6) is -0.794. The molecule has 2 rings (SSSR count). The number of hydrogen-bond donors (Lipinski definition) is 2. The van der Waals surface area contributed by atoms with Crippen LogP contribution in [0.15, 0.2) is 29.2 Å². The van der Waals surface area contributed by atoms with E-state index in [1.165, 1.54) is 31.5 Å². The van der Waals surface area contributed by atoms with Gasteiger partial charge in [-0.3, -0.25) is 9.59 Å². The largest absolute Gasteiger partial charge is 0.355 e. The molecule has 0 radical (unpaired) electrons. The summed E-state index contributed by atoms with van der Waals surface area (Å²) in [5.41, 5.74) is -0.0617. The SMILES string of the molecule is CNC(=O)c1cnc(/C=C/c2ccc(Cl)c(F)c2)[nH]c1=O. The number of halogens is 2. The number of aromatic nitrogens is 2. The van der Waals surface area contributed by atoms with E-state index in [2.05, 4.69) is 15.3 Å². The second-order valence-electron chi connectivity index (χ2n) is 4.10. The van der Waals surface area contributed by atoms with Crippen molar-refractivity contribution in [2.75, 3.05) is 7.05 Å². The third kappa shape index (κ3) is 3.55. The van der Waals surface area contributed by atoms with Crippen LogP contribution in [-0.2, 0) is 0 Å². The van der Waals surface area contributed by atoms with E-state index in [0.29, 0.717) is 5.56 Å². The first-order valence-electron chi connectivity index (χ1n) is 5.96. The summed E-state index contributed by atoms with van der Waals surface area (Å²) in [5, 5.41) is 2.38. The van der Waals surface area contributed by atoms with Gasteiger partial charge in [-0.1, -0.05) is 23.7 Å². The molecule has 0 unspecified atom stereocenters. The Morgan fingerprint density at radius 1 is 1.43 bits per heavy atom. The Morgan fingerprint density at radius 3 is 2.81 bits per heavy atom. The maximum absolute atomic E-state index is 13.3. The van der Waals surface area contributed by atoms with Gasteiger partial charge in [-0.25, -0.2) is 9.37 Å². The molecule has 1 aromatic heterocycles. The van der Waals surface area contributed by atoms with Crippen molar-refractivity contribution in [3.63, 3.8) is 0 Å². The predicted octanol–water partition coefficient (Wildman–Crippen LogP) is 2.09. The molecule has 0 aliphatic rings. The molecule has 0 spiro atoms. The third-order valence-corrected chi connectivity index (χ3v) is 2.97. The summed E-state index contributed by atoms with van der Waals surface area (Å²) in [6.45, 7) is 0. The van der Waals surface area contributed by atoms with E-state index in [1.807, 2.05) is 0 Å². The van der Waals surface area contributed by atoms with Crippen molar-refractivity contribution >= 4 is 29.7 Å². The zero-order chi connectivity index (χ0) is 15.4. The Bertz CT molecular complexity index is 771. The smallest absolute Gasteiger partial charge is 0.263 e. The molecule has 5 nitrogen and oxygen atoms in total. The normalized spacial score (nSPS) is 10.8. The van der Waals surface area contributed by atoms with Crippen LogP contribution in [0.2, 0.25) is 5.02 Å². The molecule has 0 fully saturated rings. The van der Waals surface area contributed by atoms with Gasteiger partial charge in [0.1, 0.15) is 17.2 Å². The fourth-order valence-electron chi connectivity index (χ4n) is 1.58.